The number of likely N-dealkylation sites (N-methyl/N-ethyl adjacent to an activating group) is 1. The molecule has 1 heterocycles. The van der Waals surface area contributed by atoms with Crippen molar-refractivity contribution in [2.24, 2.45) is 0 Å². The fourth-order valence-electron chi connectivity index (χ4n) is 1.84. The summed E-state index contributed by atoms with van der Waals surface area (Å²) in [6.45, 7) is 9.58. The highest BCUT2D eigenvalue weighted by Crippen LogP contribution is 2.00. The van der Waals surface area contributed by atoms with E-state index in [1.165, 1.54) is 0 Å². The van der Waals surface area contributed by atoms with Gasteiger partial charge in [-0.1, -0.05) is 6.92 Å². The second-order valence-electron chi connectivity index (χ2n) is 4.12. The summed E-state index contributed by atoms with van der Waals surface area (Å²) in [6, 6.07) is -0.412. The Bertz CT molecular complexity index is 262. The van der Waals surface area contributed by atoms with Gasteiger partial charge in [0.05, 0.1) is 6.54 Å². The molecule has 3 amide bonds. The topological polar surface area (TPSA) is 64.7 Å². The van der Waals surface area contributed by atoms with Gasteiger partial charge in [-0.3, -0.25) is 15.0 Å². The van der Waals surface area contributed by atoms with Crippen molar-refractivity contribution < 1.29 is 9.59 Å². The normalized spacial score (nSPS) is 17.8. The largest absolute Gasteiger partial charge is 0.338 e. The lowest BCUT2D eigenvalue weighted by atomic mass is 10.3. The van der Waals surface area contributed by atoms with Gasteiger partial charge in [0.1, 0.15) is 0 Å². The Kier molecular flexibility index (Phi) is 5.93. The van der Waals surface area contributed by atoms with Crippen LogP contribution in [0.5, 0.6) is 0 Å². The molecule has 0 unspecified atom stereocenters. The molecule has 98 valence electrons. The summed E-state index contributed by atoms with van der Waals surface area (Å²) in [4.78, 5) is 27.1. The molecule has 0 spiro atoms. The molecule has 1 aliphatic heterocycles. The molecule has 0 bridgehead atoms. The zero-order valence-corrected chi connectivity index (χ0v) is 10.7. The SMILES string of the molecule is CCNC(=O)NC(=O)CN1CCN(CC)CC1. The Hall–Kier alpha value is -1.14. The summed E-state index contributed by atoms with van der Waals surface area (Å²) >= 11 is 0. The summed E-state index contributed by atoms with van der Waals surface area (Å²) in [7, 11) is 0. The van der Waals surface area contributed by atoms with E-state index in [0.29, 0.717) is 13.1 Å². The van der Waals surface area contributed by atoms with Crippen LogP contribution in [0.4, 0.5) is 4.79 Å². The van der Waals surface area contributed by atoms with E-state index in [-0.39, 0.29) is 5.91 Å². The molecular weight excluding hydrogens is 220 g/mol. The zero-order valence-electron chi connectivity index (χ0n) is 10.7. The fourth-order valence-corrected chi connectivity index (χ4v) is 1.84. The summed E-state index contributed by atoms with van der Waals surface area (Å²) in [5, 5.41) is 4.84. The van der Waals surface area contributed by atoms with Gasteiger partial charge < -0.3 is 10.2 Å². The van der Waals surface area contributed by atoms with Gasteiger partial charge >= 0.3 is 6.03 Å². The molecule has 17 heavy (non-hydrogen) atoms. The van der Waals surface area contributed by atoms with Crippen LogP contribution in [0.25, 0.3) is 0 Å². The van der Waals surface area contributed by atoms with E-state index in [2.05, 4.69) is 27.4 Å². The van der Waals surface area contributed by atoms with Gasteiger partial charge in [-0.15, -0.1) is 0 Å². The third-order valence-electron chi connectivity index (χ3n) is 2.87. The third kappa shape index (κ3) is 5.14. The van der Waals surface area contributed by atoms with Crippen LogP contribution in [-0.2, 0) is 4.79 Å². The van der Waals surface area contributed by atoms with Gasteiger partial charge in [-0.05, 0) is 13.5 Å². The van der Waals surface area contributed by atoms with Crippen LogP contribution in [0.3, 0.4) is 0 Å². The summed E-state index contributed by atoms with van der Waals surface area (Å²) < 4.78 is 0. The van der Waals surface area contributed by atoms with Gasteiger partial charge in [0.2, 0.25) is 5.91 Å². The summed E-state index contributed by atoms with van der Waals surface area (Å²) in [5.41, 5.74) is 0. The van der Waals surface area contributed by atoms with Gasteiger partial charge in [0, 0.05) is 32.7 Å². The Morgan fingerprint density at radius 1 is 1.06 bits per heavy atom. The van der Waals surface area contributed by atoms with Crippen molar-refractivity contribution in [2.45, 2.75) is 13.8 Å². The highest BCUT2D eigenvalue weighted by Gasteiger charge is 2.18. The molecular formula is C11H22N4O2. The molecule has 0 atom stereocenters. The third-order valence-corrected chi connectivity index (χ3v) is 2.87. The number of amides is 3. The van der Waals surface area contributed by atoms with Crippen LogP contribution >= 0.6 is 0 Å². The minimum atomic E-state index is -0.412. The van der Waals surface area contributed by atoms with E-state index >= 15 is 0 Å². The predicted molar refractivity (Wildman–Crippen MR) is 65.8 cm³/mol. The van der Waals surface area contributed by atoms with Crippen molar-refractivity contribution in [2.75, 3.05) is 45.8 Å². The highest BCUT2D eigenvalue weighted by atomic mass is 16.2. The molecule has 0 aromatic carbocycles. The maximum Gasteiger partial charge on any atom is 0.321 e. The average Bonchev–Trinajstić information content (AvgIpc) is 2.30. The quantitative estimate of drug-likeness (QED) is 0.695. The number of rotatable bonds is 4. The second kappa shape index (κ2) is 7.24. The van der Waals surface area contributed by atoms with Crippen LogP contribution in [0.15, 0.2) is 0 Å². The van der Waals surface area contributed by atoms with Crippen LogP contribution < -0.4 is 10.6 Å². The van der Waals surface area contributed by atoms with Gasteiger partial charge in [0.25, 0.3) is 0 Å². The van der Waals surface area contributed by atoms with Crippen LogP contribution in [0.1, 0.15) is 13.8 Å². The zero-order chi connectivity index (χ0) is 12.7. The summed E-state index contributed by atoms with van der Waals surface area (Å²) in [6.07, 6.45) is 0. The monoisotopic (exact) mass is 242 g/mol. The standard InChI is InChI=1S/C11H22N4O2/c1-3-12-11(17)13-10(16)9-15-7-5-14(4-2)6-8-15/h3-9H2,1-2H3,(H2,12,13,16,17). The average molecular weight is 242 g/mol. The number of piperazine rings is 1. The first-order valence-electron chi connectivity index (χ1n) is 6.18. The van der Waals surface area contributed by atoms with Crippen molar-refractivity contribution in [1.29, 1.82) is 0 Å². The Labute approximate surface area is 102 Å². The Morgan fingerprint density at radius 2 is 1.65 bits per heavy atom. The van der Waals surface area contributed by atoms with Crippen molar-refractivity contribution in [3.8, 4) is 0 Å². The lowest BCUT2D eigenvalue weighted by molar-refractivity contribution is -0.121. The number of urea groups is 1. The molecule has 1 aliphatic rings. The van der Waals surface area contributed by atoms with E-state index in [9.17, 15) is 9.59 Å². The number of carbonyl (C=O) groups excluding carboxylic acids is 2. The molecule has 0 aromatic rings. The van der Waals surface area contributed by atoms with E-state index in [4.69, 9.17) is 0 Å². The Morgan fingerprint density at radius 3 is 2.18 bits per heavy atom. The smallest absolute Gasteiger partial charge is 0.321 e. The summed E-state index contributed by atoms with van der Waals surface area (Å²) in [5.74, 6) is -0.235. The van der Waals surface area contributed by atoms with Crippen LogP contribution in [-0.4, -0.2) is 67.6 Å². The van der Waals surface area contributed by atoms with Gasteiger partial charge in [-0.2, -0.15) is 0 Å². The van der Waals surface area contributed by atoms with Crippen molar-refractivity contribution >= 4 is 11.9 Å². The van der Waals surface area contributed by atoms with E-state index in [1.54, 1.807) is 0 Å². The predicted octanol–water partition coefficient (Wildman–Crippen LogP) is -0.530. The number of nitrogens with one attached hydrogen (secondary N) is 2. The molecule has 2 N–H and O–H groups in total. The maximum atomic E-state index is 11.5. The Balaban J connectivity index is 2.21. The number of hydrogen-bond acceptors (Lipinski definition) is 4. The molecule has 1 rings (SSSR count). The van der Waals surface area contributed by atoms with Gasteiger partial charge in [-0.25, -0.2) is 4.79 Å². The molecule has 6 nitrogen and oxygen atoms in total. The van der Waals surface area contributed by atoms with Crippen LogP contribution in [0.2, 0.25) is 0 Å². The van der Waals surface area contributed by atoms with E-state index in [0.717, 1.165) is 32.7 Å². The van der Waals surface area contributed by atoms with Crippen molar-refractivity contribution in [3.63, 3.8) is 0 Å². The molecule has 0 saturated carbocycles. The maximum absolute atomic E-state index is 11.5. The lowest BCUT2D eigenvalue weighted by Crippen LogP contribution is -2.50. The van der Waals surface area contributed by atoms with E-state index in [1.807, 2.05) is 6.92 Å². The molecule has 6 heteroatoms. The fraction of sp³-hybridized carbons (Fsp3) is 0.818. The number of carbonyl (C=O) groups is 2. The minimum absolute atomic E-state index is 0.235. The number of nitrogens with zero attached hydrogens (tertiary/aromatic N) is 2. The van der Waals surface area contributed by atoms with Crippen molar-refractivity contribution in [3.05, 3.63) is 0 Å². The molecule has 0 radical (unpaired) electrons. The minimum Gasteiger partial charge on any atom is -0.338 e. The number of imide groups is 1. The number of hydrogen-bond donors (Lipinski definition) is 2. The second-order valence-corrected chi connectivity index (χ2v) is 4.12. The lowest BCUT2D eigenvalue weighted by Gasteiger charge is -2.33. The molecule has 1 fully saturated rings. The first-order chi connectivity index (χ1) is 8.15. The molecule has 0 aromatic heterocycles. The molecule has 0 aliphatic carbocycles. The van der Waals surface area contributed by atoms with Crippen LogP contribution in [0, 0.1) is 0 Å². The van der Waals surface area contributed by atoms with E-state index < -0.39 is 6.03 Å². The highest BCUT2D eigenvalue weighted by molar-refractivity contribution is 5.95. The molecule has 1 saturated heterocycles. The first kappa shape index (κ1) is 13.9. The van der Waals surface area contributed by atoms with Crippen molar-refractivity contribution in [1.82, 2.24) is 20.4 Å². The van der Waals surface area contributed by atoms with Gasteiger partial charge in [0.15, 0.2) is 0 Å². The first-order valence-corrected chi connectivity index (χ1v) is 6.18.